The van der Waals surface area contributed by atoms with Gasteiger partial charge in [-0.1, -0.05) is 12.1 Å². The molecule has 0 bridgehead atoms. The molecule has 1 fully saturated rings. The molecule has 1 N–H and O–H groups in total. The van der Waals surface area contributed by atoms with Crippen molar-refractivity contribution in [2.75, 3.05) is 19.6 Å². The lowest BCUT2D eigenvalue weighted by molar-refractivity contribution is -0.121. The smallest absolute Gasteiger partial charge is 0.220 e. The van der Waals surface area contributed by atoms with Gasteiger partial charge in [0, 0.05) is 13.0 Å². The Bertz CT molecular complexity index is 836. The van der Waals surface area contributed by atoms with Crippen LogP contribution in [0.15, 0.2) is 47.1 Å². The van der Waals surface area contributed by atoms with Crippen LogP contribution in [-0.4, -0.2) is 35.4 Å². The summed E-state index contributed by atoms with van der Waals surface area (Å²) in [6, 6.07) is 12.2. The normalized spacial score (nSPS) is 16.0. The van der Waals surface area contributed by atoms with E-state index in [0.29, 0.717) is 13.0 Å². The monoisotopic (exact) mass is 383 g/mol. The number of aryl methyl sites for hydroxylation is 1. The maximum atomic E-state index is 12.3. The van der Waals surface area contributed by atoms with Crippen molar-refractivity contribution in [3.63, 3.8) is 0 Å². The third-order valence-electron chi connectivity index (χ3n) is 5.08. The lowest BCUT2D eigenvalue weighted by atomic mass is 10.2. The molecule has 1 unspecified atom stereocenters. The van der Waals surface area contributed by atoms with Crippen LogP contribution in [0.3, 0.4) is 0 Å². The first kappa shape index (κ1) is 18.2. The lowest BCUT2D eigenvalue weighted by Gasteiger charge is -2.26. The van der Waals surface area contributed by atoms with Gasteiger partial charge >= 0.3 is 0 Å². The summed E-state index contributed by atoms with van der Waals surface area (Å²) in [5.74, 6) is 1.04. The zero-order chi connectivity index (χ0) is 18.5. The minimum Gasteiger partial charge on any atom is -0.468 e. The van der Waals surface area contributed by atoms with Gasteiger partial charge in [0.05, 0.1) is 27.5 Å². The lowest BCUT2D eigenvalue weighted by Crippen LogP contribution is -2.36. The van der Waals surface area contributed by atoms with E-state index in [0.717, 1.165) is 42.2 Å². The molecule has 1 aromatic carbocycles. The molecule has 1 aliphatic rings. The average Bonchev–Trinajstić information content (AvgIpc) is 3.43. The number of rotatable bonds is 8. The highest BCUT2D eigenvalue weighted by Gasteiger charge is 2.25. The van der Waals surface area contributed by atoms with Gasteiger partial charge in [0.15, 0.2) is 0 Å². The summed E-state index contributed by atoms with van der Waals surface area (Å²) in [7, 11) is 0. The van der Waals surface area contributed by atoms with Crippen molar-refractivity contribution in [1.82, 2.24) is 15.2 Å². The van der Waals surface area contributed by atoms with Crippen molar-refractivity contribution in [3.8, 4) is 0 Å². The molecule has 6 heteroatoms. The van der Waals surface area contributed by atoms with E-state index >= 15 is 0 Å². The van der Waals surface area contributed by atoms with Gasteiger partial charge in [-0.15, -0.1) is 11.3 Å². The van der Waals surface area contributed by atoms with Crippen LogP contribution in [0.2, 0.25) is 0 Å². The number of hydrogen-bond donors (Lipinski definition) is 1. The molecule has 3 aromatic rings. The first-order valence-electron chi connectivity index (χ1n) is 9.68. The Morgan fingerprint density at radius 2 is 2.07 bits per heavy atom. The fourth-order valence-electron chi connectivity index (χ4n) is 3.67. The van der Waals surface area contributed by atoms with Crippen LogP contribution in [-0.2, 0) is 11.2 Å². The number of likely N-dealkylation sites (tertiary alicyclic amines) is 1. The quantitative estimate of drug-likeness (QED) is 0.634. The van der Waals surface area contributed by atoms with E-state index in [1.54, 1.807) is 17.6 Å². The number of thiazole rings is 1. The summed E-state index contributed by atoms with van der Waals surface area (Å²) in [5.41, 5.74) is 1.05. The van der Waals surface area contributed by atoms with E-state index < -0.39 is 0 Å². The first-order valence-corrected chi connectivity index (χ1v) is 10.5. The maximum absolute atomic E-state index is 12.3. The molecule has 0 spiro atoms. The number of para-hydroxylation sites is 1. The molecule has 1 atom stereocenters. The maximum Gasteiger partial charge on any atom is 0.220 e. The molecule has 5 nitrogen and oxygen atoms in total. The largest absolute Gasteiger partial charge is 0.468 e. The molecule has 2 aromatic heterocycles. The number of benzene rings is 1. The number of hydrogen-bond acceptors (Lipinski definition) is 5. The summed E-state index contributed by atoms with van der Waals surface area (Å²) < 4.78 is 6.82. The highest BCUT2D eigenvalue weighted by atomic mass is 32.1. The van der Waals surface area contributed by atoms with Crippen LogP contribution >= 0.6 is 11.3 Å². The van der Waals surface area contributed by atoms with E-state index in [1.165, 1.54) is 17.5 Å². The predicted molar refractivity (Wildman–Crippen MR) is 108 cm³/mol. The van der Waals surface area contributed by atoms with Crippen molar-refractivity contribution in [3.05, 3.63) is 53.4 Å². The Balaban J connectivity index is 1.25. The van der Waals surface area contributed by atoms with Crippen molar-refractivity contribution < 1.29 is 9.21 Å². The molecule has 1 saturated heterocycles. The van der Waals surface area contributed by atoms with Crippen LogP contribution in [0.25, 0.3) is 10.2 Å². The molecular weight excluding hydrogens is 358 g/mol. The Kier molecular flexibility index (Phi) is 5.84. The number of amides is 1. The molecule has 1 aliphatic heterocycles. The van der Waals surface area contributed by atoms with E-state index in [4.69, 9.17) is 4.42 Å². The molecule has 0 saturated carbocycles. The third-order valence-corrected chi connectivity index (χ3v) is 6.17. The van der Waals surface area contributed by atoms with Crippen LogP contribution < -0.4 is 5.32 Å². The van der Waals surface area contributed by atoms with Gasteiger partial charge in [-0.2, -0.15) is 0 Å². The molecular formula is C21H25N3O2S. The second-order valence-corrected chi connectivity index (χ2v) is 8.12. The molecule has 3 heterocycles. The van der Waals surface area contributed by atoms with Gasteiger partial charge < -0.3 is 9.73 Å². The second-order valence-electron chi connectivity index (χ2n) is 7.01. The van der Waals surface area contributed by atoms with Gasteiger partial charge in [0.1, 0.15) is 5.76 Å². The summed E-state index contributed by atoms with van der Waals surface area (Å²) in [5, 5.41) is 4.21. The van der Waals surface area contributed by atoms with Crippen molar-refractivity contribution >= 4 is 27.5 Å². The SMILES string of the molecule is O=C(CCCc1nc2ccccc2s1)NCC(c1ccco1)N1CCCC1. The van der Waals surface area contributed by atoms with Crippen molar-refractivity contribution in [2.24, 2.45) is 0 Å². The molecule has 0 radical (unpaired) electrons. The Hall–Kier alpha value is -2.18. The summed E-state index contributed by atoms with van der Waals surface area (Å²) in [6.07, 6.45) is 6.33. The molecule has 4 rings (SSSR count). The molecule has 142 valence electrons. The second kappa shape index (κ2) is 8.67. The van der Waals surface area contributed by atoms with E-state index in [-0.39, 0.29) is 11.9 Å². The highest BCUT2D eigenvalue weighted by molar-refractivity contribution is 7.18. The fraction of sp³-hybridized carbons (Fsp3) is 0.429. The van der Waals surface area contributed by atoms with Crippen LogP contribution in [0.5, 0.6) is 0 Å². The molecule has 0 aliphatic carbocycles. The minimum absolute atomic E-state index is 0.104. The molecule has 27 heavy (non-hydrogen) atoms. The fourth-order valence-corrected chi connectivity index (χ4v) is 4.68. The summed E-state index contributed by atoms with van der Waals surface area (Å²) in [6.45, 7) is 2.74. The number of aromatic nitrogens is 1. The zero-order valence-electron chi connectivity index (χ0n) is 15.4. The minimum atomic E-state index is 0.104. The topological polar surface area (TPSA) is 58.4 Å². The number of nitrogens with one attached hydrogen (secondary N) is 1. The Morgan fingerprint density at radius 1 is 1.22 bits per heavy atom. The van der Waals surface area contributed by atoms with Crippen LogP contribution in [0.4, 0.5) is 0 Å². The average molecular weight is 384 g/mol. The molecule has 1 amide bonds. The van der Waals surface area contributed by atoms with Crippen LogP contribution in [0, 0.1) is 0 Å². The van der Waals surface area contributed by atoms with E-state index in [9.17, 15) is 4.79 Å². The van der Waals surface area contributed by atoms with Crippen LogP contribution in [0.1, 0.15) is 42.5 Å². The number of carbonyl (C=O) groups is 1. The predicted octanol–water partition coefficient (Wildman–Crippen LogP) is 4.17. The number of furan rings is 1. The number of carbonyl (C=O) groups excluding carboxylic acids is 1. The van der Waals surface area contributed by atoms with Gasteiger partial charge in [-0.05, 0) is 63.0 Å². The number of nitrogens with zero attached hydrogens (tertiary/aromatic N) is 2. The number of fused-ring (bicyclic) bond motifs is 1. The van der Waals surface area contributed by atoms with E-state index in [2.05, 4.69) is 21.3 Å². The van der Waals surface area contributed by atoms with Gasteiger partial charge in [-0.3, -0.25) is 9.69 Å². The third kappa shape index (κ3) is 4.57. The Labute approximate surface area is 163 Å². The summed E-state index contributed by atoms with van der Waals surface area (Å²) >= 11 is 1.72. The van der Waals surface area contributed by atoms with Gasteiger partial charge in [-0.25, -0.2) is 4.98 Å². The Morgan fingerprint density at radius 3 is 2.85 bits per heavy atom. The first-order chi connectivity index (χ1) is 13.3. The standard InChI is InChI=1S/C21H25N3O2S/c25-20(10-5-11-21-23-16-7-1-2-9-19(16)27-21)22-15-17(18-8-6-14-26-18)24-12-3-4-13-24/h1-2,6-9,14,17H,3-5,10-13,15H2,(H,22,25). The van der Waals surface area contributed by atoms with Gasteiger partial charge in [0.25, 0.3) is 0 Å². The van der Waals surface area contributed by atoms with E-state index in [1.807, 2.05) is 30.3 Å². The van der Waals surface area contributed by atoms with Crippen molar-refractivity contribution in [2.45, 2.75) is 38.1 Å². The highest BCUT2D eigenvalue weighted by Crippen LogP contribution is 2.25. The zero-order valence-corrected chi connectivity index (χ0v) is 16.2. The van der Waals surface area contributed by atoms with Gasteiger partial charge in [0.2, 0.25) is 5.91 Å². The summed E-state index contributed by atoms with van der Waals surface area (Å²) in [4.78, 5) is 19.4. The van der Waals surface area contributed by atoms with Crippen molar-refractivity contribution in [1.29, 1.82) is 0 Å².